The SMILES string of the molecule is O=C(NCC1CCCO1)C(Cc1ccccc1)N1C(=O)c2ccccc2C1=O. The van der Waals surface area contributed by atoms with E-state index >= 15 is 0 Å². The van der Waals surface area contributed by atoms with Gasteiger partial charge in [0.15, 0.2) is 0 Å². The second kappa shape index (κ2) is 7.94. The Bertz CT molecular complexity index is 855. The van der Waals surface area contributed by atoms with Crippen molar-refractivity contribution >= 4 is 17.7 Å². The largest absolute Gasteiger partial charge is 0.376 e. The molecule has 28 heavy (non-hydrogen) atoms. The van der Waals surface area contributed by atoms with E-state index in [1.165, 1.54) is 0 Å². The van der Waals surface area contributed by atoms with E-state index in [0.717, 1.165) is 23.3 Å². The van der Waals surface area contributed by atoms with Crippen molar-refractivity contribution in [1.29, 1.82) is 0 Å². The van der Waals surface area contributed by atoms with Crippen molar-refractivity contribution in [3.63, 3.8) is 0 Å². The molecule has 4 rings (SSSR count). The molecule has 2 unspecified atom stereocenters. The Morgan fingerprint density at radius 3 is 2.29 bits per heavy atom. The molecule has 6 heteroatoms. The predicted molar refractivity (Wildman–Crippen MR) is 103 cm³/mol. The number of benzene rings is 2. The average molecular weight is 378 g/mol. The summed E-state index contributed by atoms with van der Waals surface area (Å²) >= 11 is 0. The van der Waals surface area contributed by atoms with Crippen LogP contribution in [0.3, 0.4) is 0 Å². The molecule has 2 atom stereocenters. The average Bonchev–Trinajstić information content (AvgIpc) is 3.33. The summed E-state index contributed by atoms with van der Waals surface area (Å²) in [6.45, 7) is 1.08. The molecule has 6 nitrogen and oxygen atoms in total. The second-order valence-corrected chi connectivity index (χ2v) is 7.11. The number of hydrogen-bond acceptors (Lipinski definition) is 4. The molecule has 3 amide bonds. The van der Waals surface area contributed by atoms with Gasteiger partial charge in [-0.15, -0.1) is 0 Å². The highest BCUT2D eigenvalue weighted by Crippen LogP contribution is 2.26. The number of nitrogens with zero attached hydrogens (tertiary/aromatic N) is 1. The molecule has 0 radical (unpaired) electrons. The number of fused-ring (bicyclic) bond motifs is 1. The molecule has 0 aromatic heterocycles. The summed E-state index contributed by atoms with van der Waals surface area (Å²) in [5.74, 6) is -1.18. The lowest BCUT2D eigenvalue weighted by Gasteiger charge is -2.26. The highest BCUT2D eigenvalue weighted by Gasteiger charge is 2.42. The zero-order valence-corrected chi connectivity index (χ0v) is 15.5. The van der Waals surface area contributed by atoms with E-state index in [-0.39, 0.29) is 18.4 Å². The molecule has 1 fully saturated rings. The van der Waals surface area contributed by atoms with E-state index in [1.807, 2.05) is 30.3 Å². The topological polar surface area (TPSA) is 75.7 Å². The van der Waals surface area contributed by atoms with Gasteiger partial charge in [-0.05, 0) is 30.5 Å². The molecule has 1 saturated heterocycles. The van der Waals surface area contributed by atoms with E-state index in [2.05, 4.69) is 5.32 Å². The summed E-state index contributed by atoms with van der Waals surface area (Å²) in [5.41, 5.74) is 1.58. The summed E-state index contributed by atoms with van der Waals surface area (Å²) < 4.78 is 5.56. The number of amides is 3. The summed E-state index contributed by atoms with van der Waals surface area (Å²) in [6.07, 6.45) is 2.13. The van der Waals surface area contributed by atoms with Crippen molar-refractivity contribution in [3.05, 3.63) is 71.3 Å². The number of hydrogen-bond donors (Lipinski definition) is 1. The zero-order valence-electron chi connectivity index (χ0n) is 15.5. The van der Waals surface area contributed by atoms with Crippen LogP contribution in [0.25, 0.3) is 0 Å². The van der Waals surface area contributed by atoms with Crippen molar-refractivity contribution in [2.45, 2.75) is 31.4 Å². The van der Waals surface area contributed by atoms with Crippen molar-refractivity contribution in [2.24, 2.45) is 0 Å². The van der Waals surface area contributed by atoms with Crippen molar-refractivity contribution < 1.29 is 19.1 Å². The summed E-state index contributed by atoms with van der Waals surface area (Å²) in [5, 5.41) is 2.88. The molecule has 2 aromatic carbocycles. The fourth-order valence-electron chi connectivity index (χ4n) is 3.77. The lowest BCUT2D eigenvalue weighted by atomic mass is 10.0. The fourth-order valence-corrected chi connectivity index (χ4v) is 3.77. The number of imide groups is 1. The van der Waals surface area contributed by atoms with Crippen LogP contribution in [0.1, 0.15) is 39.1 Å². The molecule has 2 aliphatic rings. The minimum atomic E-state index is -0.906. The van der Waals surface area contributed by atoms with Gasteiger partial charge in [-0.3, -0.25) is 19.3 Å². The van der Waals surface area contributed by atoms with Gasteiger partial charge in [0, 0.05) is 19.6 Å². The first kappa shape index (κ1) is 18.4. The first-order valence-electron chi connectivity index (χ1n) is 9.55. The van der Waals surface area contributed by atoms with Gasteiger partial charge in [0.2, 0.25) is 5.91 Å². The number of rotatable bonds is 6. The van der Waals surface area contributed by atoms with Crippen LogP contribution in [0.5, 0.6) is 0 Å². The zero-order chi connectivity index (χ0) is 19.5. The minimum absolute atomic E-state index is 0.0106. The van der Waals surface area contributed by atoms with Crippen LogP contribution >= 0.6 is 0 Å². The monoisotopic (exact) mass is 378 g/mol. The Kier molecular flexibility index (Phi) is 5.21. The number of carbonyl (C=O) groups is 3. The molecule has 1 N–H and O–H groups in total. The van der Waals surface area contributed by atoms with Crippen LogP contribution in [0.2, 0.25) is 0 Å². The molecular formula is C22H22N2O4. The second-order valence-electron chi connectivity index (χ2n) is 7.11. The van der Waals surface area contributed by atoms with Gasteiger partial charge in [0.1, 0.15) is 6.04 Å². The first-order chi connectivity index (χ1) is 13.6. The molecule has 2 heterocycles. The van der Waals surface area contributed by atoms with Crippen LogP contribution in [-0.2, 0) is 16.0 Å². The third kappa shape index (κ3) is 3.55. The van der Waals surface area contributed by atoms with Crippen LogP contribution in [0.15, 0.2) is 54.6 Å². The van der Waals surface area contributed by atoms with Crippen LogP contribution in [-0.4, -0.2) is 47.9 Å². The summed E-state index contributed by atoms with van der Waals surface area (Å²) in [4.78, 5) is 39.9. The fraction of sp³-hybridized carbons (Fsp3) is 0.318. The van der Waals surface area contributed by atoms with Crippen LogP contribution < -0.4 is 5.32 Å². The van der Waals surface area contributed by atoms with Crippen LogP contribution in [0, 0.1) is 0 Å². The standard InChI is InChI=1S/C22H22N2O4/c25-20(23-14-16-9-6-12-28-16)19(13-15-7-2-1-3-8-15)24-21(26)17-10-4-5-11-18(17)22(24)27/h1-5,7-8,10-11,16,19H,6,9,12-14H2,(H,23,25). The Labute approximate surface area is 163 Å². The van der Waals surface area contributed by atoms with Gasteiger partial charge in [0.05, 0.1) is 17.2 Å². The van der Waals surface area contributed by atoms with Gasteiger partial charge < -0.3 is 10.1 Å². The van der Waals surface area contributed by atoms with Gasteiger partial charge in [-0.2, -0.15) is 0 Å². The molecule has 0 bridgehead atoms. The maximum absolute atomic E-state index is 13.0. The van der Waals surface area contributed by atoms with E-state index < -0.39 is 17.9 Å². The van der Waals surface area contributed by atoms with Gasteiger partial charge >= 0.3 is 0 Å². The lowest BCUT2D eigenvalue weighted by Crippen LogP contribution is -2.51. The number of nitrogens with one attached hydrogen (secondary N) is 1. The van der Waals surface area contributed by atoms with E-state index in [0.29, 0.717) is 24.3 Å². The molecule has 0 saturated carbocycles. The van der Waals surface area contributed by atoms with Crippen LogP contribution in [0.4, 0.5) is 0 Å². The van der Waals surface area contributed by atoms with Crippen molar-refractivity contribution in [1.82, 2.24) is 10.2 Å². The Morgan fingerprint density at radius 2 is 1.68 bits per heavy atom. The van der Waals surface area contributed by atoms with Gasteiger partial charge in [-0.1, -0.05) is 42.5 Å². The quantitative estimate of drug-likeness (QED) is 0.782. The summed E-state index contributed by atoms with van der Waals surface area (Å²) in [7, 11) is 0. The normalized spacial score (nSPS) is 19.6. The maximum atomic E-state index is 13.0. The Hall–Kier alpha value is -2.99. The molecule has 2 aromatic rings. The maximum Gasteiger partial charge on any atom is 0.262 e. The van der Waals surface area contributed by atoms with Crippen molar-refractivity contribution in [2.75, 3.05) is 13.2 Å². The smallest absolute Gasteiger partial charge is 0.262 e. The predicted octanol–water partition coefficient (Wildman–Crippen LogP) is 2.19. The first-order valence-corrected chi connectivity index (χ1v) is 9.55. The molecular weight excluding hydrogens is 356 g/mol. The third-order valence-electron chi connectivity index (χ3n) is 5.24. The molecule has 0 spiro atoms. The van der Waals surface area contributed by atoms with Gasteiger partial charge in [0.25, 0.3) is 11.8 Å². The van der Waals surface area contributed by atoms with Crippen molar-refractivity contribution in [3.8, 4) is 0 Å². The number of carbonyl (C=O) groups excluding carboxylic acids is 3. The molecule has 0 aliphatic carbocycles. The van der Waals surface area contributed by atoms with E-state index in [4.69, 9.17) is 4.74 Å². The third-order valence-corrected chi connectivity index (χ3v) is 5.24. The van der Waals surface area contributed by atoms with E-state index in [9.17, 15) is 14.4 Å². The number of ether oxygens (including phenoxy) is 1. The molecule has 144 valence electrons. The molecule has 2 aliphatic heterocycles. The lowest BCUT2D eigenvalue weighted by molar-refractivity contribution is -0.125. The highest BCUT2D eigenvalue weighted by atomic mass is 16.5. The Balaban J connectivity index is 1.58. The minimum Gasteiger partial charge on any atom is -0.376 e. The highest BCUT2D eigenvalue weighted by molar-refractivity contribution is 6.22. The summed E-state index contributed by atoms with van der Waals surface area (Å²) in [6, 6.07) is 15.2. The van der Waals surface area contributed by atoms with E-state index in [1.54, 1.807) is 24.3 Å². The Morgan fingerprint density at radius 1 is 1.04 bits per heavy atom. The van der Waals surface area contributed by atoms with Gasteiger partial charge in [-0.25, -0.2) is 0 Å².